The van der Waals surface area contributed by atoms with Crippen LogP contribution < -0.4 is 0 Å². The Bertz CT molecular complexity index is 400. The Morgan fingerprint density at radius 3 is 2.00 bits per heavy atom. The predicted octanol–water partition coefficient (Wildman–Crippen LogP) is 8.35. The van der Waals surface area contributed by atoms with E-state index < -0.39 is 0 Å². The van der Waals surface area contributed by atoms with E-state index in [9.17, 15) is 0 Å². The third-order valence-corrected chi connectivity index (χ3v) is 8.71. The lowest BCUT2D eigenvalue weighted by atomic mass is 9.59. The fraction of sp³-hybridized carbons (Fsp3) is 1.00. The molecule has 0 heteroatoms. The van der Waals surface area contributed by atoms with Gasteiger partial charge in [-0.3, -0.25) is 0 Å². The van der Waals surface area contributed by atoms with Crippen LogP contribution in [-0.4, -0.2) is 0 Å². The van der Waals surface area contributed by atoms with E-state index in [4.69, 9.17) is 0 Å². The first-order valence-corrected chi connectivity index (χ1v) is 11.7. The summed E-state index contributed by atoms with van der Waals surface area (Å²) >= 11 is 0. The van der Waals surface area contributed by atoms with Gasteiger partial charge < -0.3 is 0 Å². The van der Waals surface area contributed by atoms with Gasteiger partial charge in [-0.25, -0.2) is 0 Å². The third kappa shape index (κ3) is 4.30. The van der Waals surface area contributed by atoms with Crippen molar-refractivity contribution < 1.29 is 0 Å². The van der Waals surface area contributed by atoms with Crippen molar-refractivity contribution in [2.24, 2.45) is 46.3 Å². The first-order valence-electron chi connectivity index (χ1n) is 11.7. The smallest absolute Gasteiger partial charge is 0.0292 e. The molecule has 6 atom stereocenters. The number of hydrogen-bond donors (Lipinski definition) is 0. The minimum atomic E-state index is 0.515. The van der Waals surface area contributed by atoms with Gasteiger partial charge in [0.05, 0.1) is 0 Å². The van der Waals surface area contributed by atoms with Gasteiger partial charge in [0, 0.05) is 0 Å². The fourth-order valence-electron chi connectivity index (χ4n) is 7.69. The molecule has 0 N–H and O–H groups in total. The van der Waals surface area contributed by atoms with E-state index in [1.165, 1.54) is 57.8 Å². The molecule has 0 aromatic heterocycles. The average molecular weight is 349 g/mol. The highest BCUT2D eigenvalue weighted by Gasteiger charge is 2.56. The minimum absolute atomic E-state index is 0.515. The Morgan fingerprint density at radius 2 is 1.48 bits per heavy atom. The Kier molecular flexibility index (Phi) is 7.11. The maximum Gasteiger partial charge on any atom is -0.0292 e. The molecule has 0 aromatic rings. The number of fused-ring (bicyclic) bond motifs is 2. The summed E-state index contributed by atoms with van der Waals surface area (Å²) in [7, 11) is 0. The maximum atomic E-state index is 2.67. The van der Waals surface area contributed by atoms with Crippen molar-refractivity contribution in [2.45, 2.75) is 113 Å². The molecule has 0 spiro atoms. The van der Waals surface area contributed by atoms with Gasteiger partial charge in [0.15, 0.2) is 0 Å². The first-order chi connectivity index (χ1) is 11.7. The van der Waals surface area contributed by atoms with Gasteiger partial charge >= 0.3 is 0 Å². The Hall–Kier alpha value is 0. The van der Waals surface area contributed by atoms with Gasteiger partial charge in [-0.1, -0.05) is 81.1 Å². The van der Waals surface area contributed by atoms with Crippen LogP contribution in [0, 0.1) is 46.3 Å². The number of rotatable bonds is 9. The molecule has 2 aliphatic carbocycles. The van der Waals surface area contributed by atoms with E-state index in [2.05, 4.69) is 55.4 Å². The lowest BCUT2D eigenvalue weighted by molar-refractivity contribution is 0.0329. The molecule has 0 aromatic carbocycles. The van der Waals surface area contributed by atoms with Gasteiger partial charge in [0.1, 0.15) is 0 Å². The summed E-state index contributed by atoms with van der Waals surface area (Å²) in [6.45, 7) is 20.1. The van der Waals surface area contributed by atoms with Crippen LogP contribution in [0.1, 0.15) is 113 Å². The van der Waals surface area contributed by atoms with Crippen molar-refractivity contribution >= 4 is 0 Å². The highest BCUT2D eigenvalue weighted by Crippen LogP contribution is 2.63. The monoisotopic (exact) mass is 348 g/mol. The highest BCUT2D eigenvalue weighted by molar-refractivity contribution is 5.05. The summed E-state index contributed by atoms with van der Waals surface area (Å²) in [4.78, 5) is 0. The molecule has 0 aliphatic heterocycles. The van der Waals surface area contributed by atoms with E-state index in [-0.39, 0.29) is 0 Å². The van der Waals surface area contributed by atoms with Crippen LogP contribution in [0.2, 0.25) is 0 Å². The molecule has 2 bridgehead atoms. The second-order valence-electron chi connectivity index (χ2n) is 11.1. The van der Waals surface area contributed by atoms with Crippen LogP contribution in [0.4, 0.5) is 0 Å². The molecule has 2 rings (SSSR count). The van der Waals surface area contributed by atoms with Crippen LogP contribution in [0.15, 0.2) is 0 Å². The van der Waals surface area contributed by atoms with Crippen molar-refractivity contribution in [3.05, 3.63) is 0 Å². The first kappa shape index (κ1) is 21.3. The fourth-order valence-corrected chi connectivity index (χ4v) is 7.69. The van der Waals surface area contributed by atoms with Crippen molar-refractivity contribution in [2.75, 3.05) is 0 Å². The normalized spacial score (nSPS) is 34.3. The molecule has 0 heterocycles. The highest BCUT2D eigenvalue weighted by atomic mass is 14.6. The van der Waals surface area contributed by atoms with E-state index in [0.717, 1.165) is 35.5 Å². The SMILES string of the molecule is CCCC(C)(CCC)C1C2CCCC1[C@@H](C)C2C(C)CC(C)(C)CC. The van der Waals surface area contributed by atoms with Crippen LogP contribution in [0.25, 0.3) is 0 Å². The molecule has 2 aliphatic rings. The summed E-state index contributed by atoms with van der Waals surface area (Å²) in [5, 5.41) is 0. The van der Waals surface area contributed by atoms with Crippen LogP contribution in [0.5, 0.6) is 0 Å². The molecule has 148 valence electrons. The molecular weight excluding hydrogens is 300 g/mol. The van der Waals surface area contributed by atoms with Crippen LogP contribution in [-0.2, 0) is 0 Å². The van der Waals surface area contributed by atoms with E-state index in [0.29, 0.717) is 10.8 Å². The Labute approximate surface area is 159 Å². The third-order valence-electron chi connectivity index (χ3n) is 8.71. The minimum Gasteiger partial charge on any atom is -0.0654 e. The topological polar surface area (TPSA) is 0 Å². The standard InChI is InChI=1S/C25H48/c1-9-15-25(8,16-10-2)23-20-13-12-14-21(23)22(19(20)5)18(4)17-24(6,7)11-3/h18-23H,9-17H2,1-8H3/t18?,19-,20?,21?,22?,23?/m1/s1. The molecule has 0 amide bonds. The second-order valence-corrected chi connectivity index (χ2v) is 11.1. The molecule has 2 fully saturated rings. The zero-order valence-electron chi connectivity index (χ0n) is 18.8. The largest absolute Gasteiger partial charge is 0.0654 e. The van der Waals surface area contributed by atoms with Crippen molar-refractivity contribution in [1.29, 1.82) is 0 Å². The van der Waals surface area contributed by atoms with Crippen LogP contribution in [0.3, 0.4) is 0 Å². The molecule has 5 unspecified atom stereocenters. The lowest BCUT2D eigenvalue weighted by Crippen LogP contribution is -2.38. The van der Waals surface area contributed by atoms with Crippen molar-refractivity contribution in [1.82, 2.24) is 0 Å². The Balaban J connectivity index is 2.27. The summed E-state index contributed by atoms with van der Waals surface area (Å²) in [6.07, 6.45) is 12.9. The Morgan fingerprint density at radius 1 is 0.920 bits per heavy atom. The van der Waals surface area contributed by atoms with E-state index >= 15 is 0 Å². The average Bonchev–Trinajstić information content (AvgIpc) is 2.71. The van der Waals surface area contributed by atoms with Crippen molar-refractivity contribution in [3.63, 3.8) is 0 Å². The van der Waals surface area contributed by atoms with Gasteiger partial charge in [-0.2, -0.15) is 0 Å². The summed E-state index contributed by atoms with van der Waals surface area (Å²) in [5.74, 6) is 5.87. The quantitative estimate of drug-likeness (QED) is 0.392. The van der Waals surface area contributed by atoms with E-state index in [1.807, 2.05) is 0 Å². The molecule has 0 nitrogen and oxygen atoms in total. The zero-order valence-corrected chi connectivity index (χ0v) is 18.8. The van der Waals surface area contributed by atoms with Crippen molar-refractivity contribution in [3.8, 4) is 0 Å². The molecule has 25 heavy (non-hydrogen) atoms. The summed E-state index contributed by atoms with van der Waals surface area (Å²) < 4.78 is 0. The van der Waals surface area contributed by atoms with Gasteiger partial charge in [-0.15, -0.1) is 0 Å². The van der Waals surface area contributed by atoms with Crippen LogP contribution >= 0.6 is 0 Å². The lowest BCUT2D eigenvalue weighted by Gasteiger charge is -2.46. The zero-order chi connectivity index (χ0) is 18.8. The summed E-state index contributed by atoms with van der Waals surface area (Å²) in [5.41, 5.74) is 1.11. The van der Waals surface area contributed by atoms with Gasteiger partial charge in [0.25, 0.3) is 0 Å². The predicted molar refractivity (Wildman–Crippen MR) is 113 cm³/mol. The second kappa shape index (κ2) is 8.35. The summed E-state index contributed by atoms with van der Waals surface area (Å²) in [6, 6.07) is 0. The molecule has 2 saturated carbocycles. The number of hydrogen-bond acceptors (Lipinski definition) is 0. The molecule has 0 radical (unpaired) electrons. The molecule has 0 saturated heterocycles. The molecular formula is C25H48. The van der Waals surface area contributed by atoms with Gasteiger partial charge in [0.2, 0.25) is 0 Å². The van der Waals surface area contributed by atoms with E-state index in [1.54, 1.807) is 0 Å². The maximum absolute atomic E-state index is 2.67. The van der Waals surface area contributed by atoms with Gasteiger partial charge in [-0.05, 0) is 78.4 Å².